The van der Waals surface area contributed by atoms with Crippen LogP contribution in [-0.2, 0) is 6.54 Å². The third-order valence-corrected chi connectivity index (χ3v) is 1.69. The van der Waals surface area contributed by atoms with Crippen molar-refractivity contribution in [2.24, 2.45) is 5.73 Å². The van der Waals surface area contributed by atoms with Crippen molar-refractivity contribution in [2.45, 2.75) is 6.54 Å². The van der Waals surface area contributed by atoms with Crippen LogP contribution >= 0.6 is 12.4 Å². The molecule has 80 valence electrons. The standard InChI is InChI=1S/C8H8N4O2.ClH/c9-3-7-11-8(12-14-7)5-1-2-6(13)10-4-5;/h1-2,4H,3,9H2,(H,10,13);1H. The molecule has 0 amide bonds. The molecule has 0 aliphatic rings. The Kier molecular flexibility index (Phi) is 3.59. The number of rotatable bonds is 2. The van der Waals surface area contributed by atoms with Crippen molar-refractivity contribution < 1.29 is 4.52 Å². The minimum absolute atomic E-state index is 0. The number of nitrogens with zero attached hydrogens (tertiary/aromatic N) is 2. The van der Waals surface area contributed by atoms with Gasteiger partial charge in [0.25, 0.3) is 0 Å². The summed E-state index contributed by atoms with van der Waals surface area (Å²) in [4.78, 5) is 17.3. The van der Waals surface area contributed by atoms with Gasteiger partial charge in [-0.3, -0.25) is 4.79 Å². The van der Waals surface area contributed by atoms with E-state index in [2.05, 4.69) is 15.1 Å². The Morgan fingerprint density at radius 3 is 2.80 bits per heavy atom. The fourth-order valence-electron chi connectivity index (χ4n) is 1.00. The molecule has 0 bridgehead atoms. The molecule has 0 aliphatic carbocycles. The summed E-state index contributed by atoms with van der Waals surface area (Å²) < 4.78 is 4.82. The van der Waals surface area contributed by atoms with Gasteiger partial charge in [0.2, 0.25) is 17.3 Å². The van der Waals surface area contributed by atoms with E-state index in [1.807, 2.05) is 0 Å². The maximum atomic E-state index is 10.8. The van der Waals surface area contributed by atoms with Crippen LogP contribution in [0, 0.1) is 0 Å². The van der Waals surface area contributed by atoms with Gasteiger partial charge in [0.05, 0.1) is 6.54 Å². The van der Waals surface area contributed by atoms with Crippen molar-refractivity contribution in [2.75, 3.05) is 0 Å². The van der Waals surface area contributed by atoms with Gasteiger partial charge in [-0.2, -0.15) is 4.98 Å². The van der Waals surface area contributed by atoms with Gasteiger partial charge >= 0.3 is 0 Å². The average molecular weight is 229 g/mol. The second-order valence-corrected chi connectivity index (χ2v) is 2.66. The normalized spacial score (nSPS) is 9.67. The first-order valence-electron chi connectivity index (χ1n) is 4.01. The van der Waals surface area contributed by atoms with Gasteiger partial charge in [-0.15, -0.1) is 12.4 Å². The lowest BCUT2D eigenvalue weighted by Crippen LogP contribution is -2.01. The quantitative estimate of drug-likeness (QED) is 0.771. The van der Waals surface area contributed by atoms with E-state index in [0.717, 1.165) is 0 Å². The Labute approximate surface area is 90.9 Å². The zero-order valence-electron chi connectivity index (χ0n) is 7.64. The van der Waals surface area contributed by atoms with E-state index in [4.69, 9.17) is 10.3 Å². The smallest absolute Gasteiger partial charge is 0.247 e. The van der Waals surface area contributed by atoms with Gasteiger partial charge in [-0.1, -0.05) is 5.16 Å². The molecule has 2 heterocycles. The van der Waals surface area contributed by atoms with Crippen LogP contribution in [0.1, 0.15) is 5.89 Å². The maximum absolute atomic E-state index is 10.8. The second-order valence-electron chi connectivity index (χ2n) is 2.66. The van der Waals surface area contributed by atoms with Crippen LogP contribution in [-0.4, -0.2) is 15.1 Å². The Morgan fingerprint density at radius 2 is 2.27 bits per heavy atom. The van der Waals surface area contributed by atoms with Gasteiger partial charge in [0.1, 0.15) is 0 Å². The van der Waals surface area contributed by atoms with Crippen LogP contribution in [0.25, 0.3) is 11.4 Å². The monoisotopic (exact) mass is 228 g/mol. The van der Waals surface area contributed by atoms with E-state index >= 15 is 0 Å². The highest BCUT2D eigenvalue weighted by Crippen LogP contribution is 2.11. The lowest BCUT2D eigenvalue weighted by Gasteiger charge is -1.90. The van der Waals surface area contributed by atoms with Gasteiger partial charge in [0, 0.05) is 17.8 Å². The lowest BCUT2D eigenvalue weighted by molar-refractivity contribution is 0.380. The van der Waals surface area contributed by atoms with Crippen molar-refractivity contribution >= 4 is 12.4 Å². The number of nitrogens with one attached hydrogen (secondary N) is 1. The predicted octanol–water partition coefficient (Wildman–Crippen LogP) is 0.305. The van der Waals surface area contributed by atoms with Crippen molar-refractivity contribution in [3.8, 4) is 11.4 Å². The van der Waals surface area contributed by atoms with Crippen molar-refractivity contribution in [1.29, 1.82) is 0 Å². The van der Waals surface area contributed by atoms with Gasteiger partial charge < -0.3 is 15.2 Å². The molecule has 0 fully saturated rings. The van der Waals surface area contributed by atoms with Crippen LogP contribution in [0.2, 0.25) is 0 Å². The fraction of sp³-hybridized carbons (Fsp3) is 0.125. The minimum Gasteiger partial charge on any atom is -0.338 e. The molecule has 0 aromatic carbocycles. The number of halogens is 1. The molecule has 0 saturated carbocycles. The summed E-state index contributed by atoms with van der Waals surface area (Å²) >= 11 is 0. The lowest BCUT2D eigenvalue weighted by atomic mass is 10.3. The zero-order chi connectivity index (χ0) is 9.97. The number of nitrogens with two attached hydrogens (primary N) is 1. The van der Waals surface area contributed by atoms with E-state index < -0.39 is 0 Å². The Morgan fingerprint density at radius 1 is 1.47 bits per heavy atom. The highest BCUT2D eigenvalue weighted by molar-refractivity contribution is 5.85. The molecule has 2 aromatic heterocycles. The van der Waals surface area contributed by atoms with E-state index in [1.54, 1.807) is 6.07 Å². The summed E-state index contributed by atoms with van der Waals surface area (Å²) in [7, 11) is 0. The number of aromatic nitrogens is 3. The van der Waals surface area contributed by atoms with Gasteiger partial charge in [0.15, 0.2) is 0 Å². The summed E-state index contributed by atoms with van der Waals surface area (Å²) in [5.41, 5.74) is 5.83. The number of aromatic amines is 1. The zero-order valence-corrected chi connectivity index (χ0v) is 8.45. The minimum atomic E-state index is -0.170. The van der Waals surface area contributed by atoms with Crippen LogP contribution in [0.15, 0.2) is 27.6 Å². The molecule has 0 unspecified atom stereocenters. The van der Waals surface area contributed by atoms with Gasteiger partial charge in [-0.25, -0.2) is 0 Å². The van der Waals surface area contributed by atoms with E-state index in [9.17, 15) is 4.79 Å². The first kappa shape index (κ1) is 11.4. The number of hydrogen-bond acceptors (Lipinski definition) is 5. The molecular formula is C8H9ClN4O2. The second kappa shape index (κ2) is 4.72. The largest absolute Gasteiger partial charge is 0.338 e. The Balaban J connectivity index is 0.00000112. The fourth-order valence-corrected chi connectivity index (χ4v) is 1.00. The number of pyridine rings is 1. The molecule has 0 radical (unpaired) electrons. The first-order valence-corrected chi connectivity index (χ1v) is 4.01. The molecule has 3 N–H and O–H groups in total. The topological polar surface area (TPSA) is 97.8 Å². The summed E-state index contributed by atoms with van der Waals surface area (Å²) in [6.45, 7) is 0.205. The van der Waals surface area contributed by atoms with Gasteiger partial charge in [-0.05, 0) is 6.07 Å². The maximum Gasteiger partial charge on any atom is 0.247 e. The van der Waals surface area contributed by atoms with Crippen molar-refractivity contribution in [3.05, 3.63) is 34.6 Å². The Bertz CT molecular complexity index is 473. The molecular weight excluding hydrogens is 220 g/mol. The van der Waals surface area contributed by atoms with Crippen LogP contribution in [0.4, 0.5) is 0 Å². The number of hydrogen-bond donors (Lipinski definition) is 2. The third kappa shape index (κ3) is 2.42. The van der Waals surface area contributed by atoms with Crippen LogP contribution in [0.5, 0.6) is 0 Å². The summed E-state index contributed by atoms with van der Waals surface area (Å²) in [5.74, 6) is 0.785. The summed E-state index contributed by atoms with van der Waals surface area (Å²) in [5, 5.41) is 3.70. The molecule has 2 aromatic rings. The van der Waals surface area contributed by atoms with Crippen molar-refractivity contribution in [1.82, 2.24) is 15.1 Å². The third-order valence-electron chi connectivity index (χ3n) is 1.69. The van der Waals surface area contributed by atoms with Crippen LogP contribution in [0.3, 0.4) is 0 Å². The SMILES string of the molecule is Cl.NCc1nc(-c2ccc(=O)[nH]c2)no1. The molecule has 15 heavy (non-hydrogen) atoms. The van der Waals surface area contributed by atoms with E-state index in [-0.39, 0.29) is 24.5 Å². The first-order chi connectivity index (χ1) is 6.79. The summed E-state index contributed by atoms with van der Waals surface area (Å²) in [6, 6.07) is 3.01. The summed E-state index contributed by atoms with van der Waals surface area (Å²) in [6.07, 6.45) is 1.52. The van der Waals surface area contributed by atoms with E-state index in [0.29, 0.717) is 17.3 Å². The average Bonchev–Trinajstić information content (AvgIpc) is 2.67. The number of H-pyrrole nitrogens is 1. The highest BCUT2D eigenvalue weighted by atomic mass is 35.5. The molecule has 0 spiro atoms. The molecule has 0 saturated heterocycles. The van der Waals surface area contributed by atoms with Crippen molar-refractivity contribution in [3.63, 3.8) is 0 Å². The molecule has 0 atom stereocenters. The molecule has 7 heteroatoms. The molecule has 6 nitrogen and oxygen atoms in total. The van der Waals surface area contributed by atoms with Crippen LogP contribution < -0.4 is 11.3 Å². The Hall–Kier alpha value is -1.66. The van der Waals surface area contributed by atoms with E-state index in [1.165, 1.54) is 12.3 Å². The molecule has 0 aliphatic heterocycles. The predicted molar refractivity (Wildman–Crippen MR) is 55.5 cm³/mol. The highest BCUT2D eigenvalue weighted by Gasteiger charge is 2.06. The molecule has 2 rings (SSSR count).